The number of rotatable bonds is 3. The lowest BCUT2D eigenvalue weighted by Crippen LogP contribution is -2.31. The molecule has 0 aliphatic rings. The Balaban J connectivity index is 0.000000257. The van der Waals surface area contributed by atoms with Crippen molar-refractivity contribution in [1.29, 1.82) is 0 Å². The van der Waals surface area contributed by atoms with Crippen LogP contribution in [0.3, 0.4) is 0 Å². The first-order valence-corrected chi connectivity index (χ1v) is 9.02. The number of hydrogen-bond donors (Lipinski definition) is 3. The molecule has 1 heterocycles. The minimum atomic E-state index is -1.91. The van der Waals surface area contributed by atoms with Gasteiger partial charge in [0, 0.05) is 23.5 Å². The second-order valence-electron chi connectivity index (χ2n) is 5.84. The predicted octanol–water partition coefficient (Wildman–Crippen LogP) is 3.78. The summed E-state index contributed by atoms with van der Waals surface area (Å²) in [5.74, 6) is 0.0578. The molecule has 24 heavy (non-hydrogen) atoms. The van der Waals surface area contributed by atoms with Gasteiger partial charge in [-0.1, -0.05) is 11.6 Å². The van der Waals surface area contributed by atoms with Crippen LogP contribution in [-0.2, 0) is 0 Å². The van der Waals surface area contributed by atoms with Crippen LogP contribution in [0.2, 0.25) is 5.02 Å². The molecule has 0 spiro atoms. The number of aryl methyl sites for hydroxylation is 1. The quantitative estimate of drug-likeness (QED) is 0.558. The normalized spacial score (nSPS) is 11.5. The van der Waals surface area contributed by atoms with Crippen molar-refractivity contribution in [2.75, 3.05) is 0 Å². The molecule has 0 amide bonds. The molecule has 0 saturated heterocycles. The van der Waals surface area contributed by atoms with Crippen LogP contribution in [0.5, 0.6) is 5.75 Å². The zero-order valence-corrected chi connectivity index (χ0v) is 16.0. The third-order valence-corrected chi connectivity index (χ3v) is 5.12. The van der Waals surface area contributed by atoms with E-state index in [1.807, 2.05) is 27.7 Å². The van der Waals surface area contributed by atoms with Crippen molar-refractivity contribution >= 4 is 31.1 Å². The molecule has 1 aromatic heterocycles. The molecule has 0 aliphatic heterocycles. The fraction of sp³-hybridized carbons (Fsp3) is 0.438. The summed E-state index contributed by atoms with van der Waals surface area (Å²) in [6.07, 6.45) is 0. The summed E-state index contributed by atoms with van der Waals surface area (Å²) in [7, 11) is -1.91. The van der Waals surface area contributed by atoms with Crippen LogP contribution in [0.25, 0.3) is 11.0 Å². The van der Waals surface area contributed by atoms with Crippen molar-refractivity contribution in [2.45, 2.75) is 46.7 Å². The number of benzene rings is 1. The Morgan fingerprint density at radius 3 is 2.12 bits per heavy atom. The van der Waals surface area contributed by atoms with Gasteiger partial charge >= 0.3 is 5.63 Å². The van der Waals surface area contributed by atoms with E-state index >= 15 is 0 Å². The van der Waals surface area contributed by atoms with Gasteiger partial charge < -0.3 is 19.3 Å². The number of aromatic hydroxyl groups is 1. The molecule has 2 rings (SSSR count). The number of halogens is 1. The molecule has 0 fully saturated rings. The van der Waals surface area contributed by atoms with E-state index in [0.717, 1.165) is 5.39 Å². The fourth-order valence-corrected chi connectivity index (χ4v) is 3.30. The van der Waals surface area contributed by atoms with E-state index in [0.29, 0.717) is 11.1 Å². The zero-order chi connectivity index (χ0) is 18.6. The van der Waals surface area contributed by atoms with Crippen molar-refractivity contribution in [2.24, 2.45) is 0 Å². The van der Waals surface area contributed by atoms with Gasteiger partial charge in [-0.15, -0.1) is 0 Å². The third kappa shape index (κ3) is 5.16. The summed E-state index contributed by atoms with van der Waals surface area (Å²) in [6, 6.07) is 4.96. The maximum absolute atomic E-state index is 11.2. The maximum Gasteiger partial charge on any atom is 0.355 e. The third-order valence-electron chi connectivity index (χ3n) is 3.35. The fourth-order valence-electron chi connectivity index (χ4n) is 2.33. The van der Waals surface area contributed by atoms with Crippen LogP contribution in [-0.4, -0.2) is 31.6 Å². The largest absolute Gasteiger partial charge is 0.508 e. The highest BCUT2D eigenvalue weighted by Crippen LogP contribution is 2.34. The van der Waals surface area contributed by atoms with Crippen molar-refractivity contribution in [1.82, 2.24) is 4.67 Å². The van der Waals surface area contributed by atoms with Gasteiger partial charge in [-0.3, -0.25) is 0 Å². The Morgan fingerprint density at radius 1 is 1.17 bits per heavy atom. The molecule has 8 heteroatoms. The molecular formula is C16H23ClNO5P. The average molecular weight is 376 g/mol. The molecule has 6 nitrogen and oxygen atoms in total. The van der Waals surface area contributed by atoms with Gasteiger partial charge in [-0.05, 0) is 52.3 Å². The molecular weight excluding hydrogens is 353 g/mol. The van der Waals surface area contributed by atoms with E-state index < -0.39 is 14.2 Å². The summed E-state index contributed by atoms with van der Waals surface area (Å²) in [5.41, 5.74) is 0.428. The summed E-state index contributed by atoms with van der Waals surface area (Å²) in [5, 5.41) is 10.0. The lowest BCUT2D eigenvalue weighted by Gasteiger charge is -2.29. The van der Waals surface area contributed by atoms with Crippen molar-refractivity contribution < 1.29 is 19.3 Å². The number of phenols is 1. The molecule has 134 valence electrons. The van der Waals surface area contributed by atoms with Crippen LogP contribution in [0.1, 0.15) is 33.3 Å². The van der Waals surface area contributed by atoms with Gasteiger partial charge in [-0.2, -0.15) is 0 Å². The molecule has 2 aromatic rings. The average Bonchev–Trinajstić information content (AvgIpc) is 2.44. The highest BCUT2D eigenvalue weighted by Gasteiger charge is 2.20. The van der Waals surface area contributed by atoms with E-state index in [2.05, 4.69) is 0 Å². The van der Waals surface area contributed by atoms with Gasteiger partial charge in [0.05, 0.1) is 0 Å². The standard InChI is InChI=1S/C10H7ClO3.C6H16NO2P/c1-5-7-3-2-6(12)4-8(7)14-10(13)9(5)11;1-5(2)7(6(3)4)10(8)9/h2-4,12H,1H3;5-6,8-9H,1-4H3. The van der Waals surface area contributed by atoms with Gasteiger partial charge in [0.25, 0.3) is 8.53 Å². The predicted molar refractivity (Wildman–Crippen MR) is 97.4 cm³/mol. The summed E-state index contributed by atoms with van der Waals surface area (Å²) >= 11 is 5.73. The van der Waals surface area contributed by atoms with Gasteiger partial charge in [0.1, 0.15) is 16.4 Å². The SMILES string of the molecule is CC(C)N(C(C)C)P(O)O.Cc1c(Cl)c(=O)oc2cc(O)ccc12. The van der Waals surface area contributed by atoms with Crippen LogP contribution in [0.4, 0.5) is 0 Å². The molecule has 0 bridgehead atoms. The first-order valence-electron chi connectivity index (χ1n) is 7.44. The Kier molecular flexibility index (Phi) is 7.64. The van der Waals surface area contributed by atoms with Crippen LogP contribution >= 0.6 is 20.1 Å². The van der Waals surface area contributed by atoms with Gasteiger partial charge in [0.15, 0.2) is 0 Å². The second kappa shape index (κ2) is 8.79. The molecule has 3 N–H and O–H groups in total. The van der Waals surface area contributed by atoms with Crippen molar-refractivity contribution in [3.8, 4) is 5.75 Å². The minimum absolute atomic E-state index is 0.0578. The summed E-state index contributed by atoms with van der Waals surface area (Å²) < 4.78 is 6.58. The van der Waals surface area contributed by atoms with E-state index in [1.165, 1.54) is 12.1 Å². The lowest BCUT2D eigenvalue weighted by molar-refractivity contribution is 0.259. The van der Waals surface area contributed by atoms with E-state index in [9.17, 15) is 9.90 Å². The topological polar surface area (TPSA) is 94.1 Å². The molecule has 0 saturated carbocycles. The van der Waals surface area contributed by atoms with Crippen LogP contribution in [0.15, 0.2) is 27.4 Å². The van der Waals surface area contributed by atoms with Crippen molar-refractivity contribution in [3.63, 3.8) is 0 Å². The van der Waals surface area contributed by atoms with Crippen molar-refractivity contribution in [3.05, 3.63) is 39.2 Å². The summed E-state index contributed by atoms with van der Waals surface area (Å²) in [6.45, 7) is 9.52. The first-order chi connectivity index (χ1) is 11.1. The second-order valence-corrected chi connectivity index (χ2v) is 7.22. The van der Waals surface area contributed by atoms with Crippen LogP contribution < -0.4 is 5.63 Å². The smallest absolute Gasteiger partial charge is 0.355 e. The Morgan fingerprint density at radius 2 is 1.71 bits per heavy atom. The highest BCUT2D eigenvalue weighted by molar-refractivity contribution is 7.42. The highest BCUT2D eigenvalue weighted by atomic mass is 35.5. The molecule has 0 aliphatic carbocycles. The zero-order valence-electron chi connectivity index (χ0n) is 14.3. The maximum atomic E-state index is 11.2. The van der Waals surface area contributed by atoms with E-state index in [1.54, 1.807) is 17.7 Å². The molecule has 0 atom stereocenters. The molecule has 1 aromatic carbocycles. The molecule has 0 unspecified atom stereocenters. The Bertz CT molecular complexity index is 726. The monoisotopic (exact) mass is 375 g/mol. The van der Waals surface area contributed by atoms with Gasteiger partial charge in [0.2, 0.25) is 0 Å². The summed E-state index contributed by atoms with van der Waals surface area (Å²) in [4.78, 5) is 29.0. The van der Waals surface area contributed by atoms with E-state index in [4.69, 9.17) is 25.8 Å². The number of fused-ring (bicyclic) bond motifs is 1. The number of hydrogen-bond acceptors (Lipinski definition) is 6. The number of phenolic OH excluding ortho intramolecular Hbond substituents is 1. The Labute approximate surface area is 147 Å². The first kappa shape index (κ1) is 20.9. The van der Waals surface area contributed by atoms with E-state index in [-0.39, 0.29) is 22.9 Å². The van der Waals surface area contributed by atoms with Crippen LogP contribution in [0, 0.1) is 6.92 Å². The van der Waals surface area contributed by atoms with Gasteiger partial charge in [-0.25, -0.2) is 9.46 Å². The lowest BCUT2D eigenvalue weighted by atomic mass is 10.1. The number of nitrogens with zero attached hydrogens (tertiary/aromatic N) is 1. The molecule has 0 radical (unpaired) electrons. The minimum Gasteiger partial charge on any atom is -0.508 e. The Hall–Kier alpha value is -1.17.